The van der Waals surface area contributed by atoms with Crippen molar-refractivity contribution in [2.75, 3.05) is 13.2 Å². The van der Waals surface area contributed by atoms with Crippen LogP contribution in [0, 0.1) is 0 Å². The van der Waals surface area contributed by atoms with Crippen molar-refractivity contribution < 1.29 is 19.4 Å². The number of halogens is 1. The van der Waals surface area contributed by atoms with Crippen molar-refractivity contribution in [3.05, 3.63) is 29.3 Å². The summed E-state index contributed by atoms with van der Waals surface area (Å²) in [6.45, 7) is 5.51. The van der Waals surface area contributed by atoms with E-state index in [0.717, 1.165) is 0 Å². The first-order valence-corrected chi connectivity index (χ1v) is 6.99. The number of benzene rings is 1. The quantitative estimate of drug-likeness (QED) is 0.877. The topological polar surface area (TPSA) is 66.8 Å². The summed E-state index contributed by atoms with van der Waals surface area (Å²) in [7, 11) is 0. The molecular formula is C15H20ClNO4. The second-order valence-corrected chi connectivity index (χ2v) is 5.99. The molecular weight excluding hydrogens is 294 g/mol. The largest absolute Gasteiger partial charge is 0.482 e. The first-order chi connectivity index (χ1) is 9.71. The molecule has 0 aromatic heterocycles. The van der Waals surface area contributed by atoms with Gasteiger partial charge in [0.25, 0.3) is 5.91 Å². The summed E-state index contributed by atoms with van der Waals surface area (Å²) in [6, 6.07) is 6.88. The summed E-state index contributed by atoms with van der Waals surface area (Å²) in [4.78, 5) is 24.4. The van der Waals surface area contributed by atoms with Gasteiger partial charge >= 0.3 is 5.97 Å². The number of aliphatic carboxylic acids is 1. The Hall–Kier alpha value is -1.75. The van der Waals surface area contributed by atoms with Crippen LogP contribution in [0.3, 0.4) is 0 Å². The third-order valence-corrected chi connectivity index (χ3v) is 3.16. The van der Waals surface area contributed by atoms with Crippen LogP contribution in [-0.4, -0.2) is 40.6 Å². The molecule has 0 saturated heterocycles. The Bertz CT molecular complexity index is 511. The Morgan fingerprint density at radius 2 is 1.90 bits per heavy atom. The molecule has 0 atom stereocenters. The predicted molar refractivity (Wildman–Crippen MR) is 80.7 cm³/mol. The zero-order chi connectivity index (χ0) is 16.0. The maximum atomic E-state index is 12.3. The van der Waals surface area contributed by atoms with Crippen molar-refractivity contribution >= 4 is 23.5 Å². The second-order valence-electron chi connectivity index (χ2n) is 5.58. The lowest BCUT2D eigenvalue weighted by molar-refractivity contribution is -0.141. The molecule has 0 saturated carbocycles. The normalized spacial score (nSPS) is 11.0. The van der Waals surface area contributed by atoms with E-state index in [9.17, 15) is 9.59 Å². The first-order valence-electron chi connectivity index (χ1n) is 6.61. The number of carbonyl (C=O) groups is 2. The third kappa shape index (κ3) is 5.63. The summed E-state index contributed by atoms with van der Waals surface area (Å²) in [5.74, 6) is -0.785. The molecule has 21 heavy (non-hydrogen) atoms. The summed E-state index contributed by atoms with van der Waals surface area (Å²) in [5, 5.41) is 9.20. The highest BCUT2D eigenvalue weighted by Gasteiger charge is 2.27. The fourth-order valence-corrected chi connectivity index (χ4v) is 2.01. The number of ether oxygens (including phenoxy) is 1. The van der Waals surface area contributed by atoms with Crippen molar-refractivity contribution in [3.8, 4) is 5.75 Å². The lowest BCUT2D eigenvalue weighted by Gasteiger charge is -2.35. The van der Waals surface area contributed by atoms with Crippen LogP contribution in [0.2, 0.25) is 5.02 Å². The second kappa shape index (κ2) is 7.31. The number of nitrogens with zero attached hydrogens (tertiary/aromatic N) is 1. The van der Waals surface area contributed by atoms with E-state index in [1.165, 1.54) is 4.90 Å². The highest BCUT2D eigenvalue weighted by Crippen LogP contribution is 2.23. The van der Waals surface area contributed by atoms with Gasteiger partial charge in [0.2, 0.25) is 0 Å². The Morgan fingerprint density at radius 3 is 2.43 bits per heavy atom. The van der Waals surface area contributed by atoms with Gasteiger partial charge in [-0.3, -0.25) is 9.59 Å². The molecule has 0 aliphatic heterocycles. The Morgan fingerprint density at radius 1 is 1.29 bits per heavy atom. The smallest absolute Gasteiger partial charge is 0.305 e. The number of rotatable bonds is 6. The van der Waals surface area contributed by atoms with E-state index in [4.69, 9.17) is 21.4 Å². The van der Waals surface area contributed by atoms with E-state index in [1.807, 2.05) is 20.8 Å². The Labute approximate surface area is 129 Å². The number of carboxylic acids is 1. The zero-order valence-electron chi connectivity index (χ0n) is 12.4. The SMILES string of the molecule is CC(C)(C)N(CCC(=O)O)C(=O)COc1ccccc1Cl. The number of carboxylic acid groups (broad SMARTS) is 1. The molecule has 5 nitrogen and oxygen atoms in total. The van der Waals surface area contributed by atoms with E-state index in [2.05, 4.69) is 0 Å². The molecule has 0 unspecified atom stereocenters. The van der Waals surface area contributed by atoms with Gasteiger partial charge < -0.3 is 14.7 Å². The highest BCUT2D eigenvalue weighted by molar-refractivity contribution is 6.32. The van der Waals surface area contributed by atoms with Gasteiger partial charge in [0.05, 0.1) is 11.4 Å². The average molecular weight is 314 g/mol. The van der Waals surface area contributed by atoms with Gasteiger partial charge in [0, 0.05) is 12.1 Å². The summed E-state index contributed by atoms with van der Waals surface area (Å²) in [5.41, 5.74) is -0.476. The van der Waals surface area contributed by atoms with Gasteiger partial charge in [-0.05, 0) is 32.9 Å². The Kier molecular flexibility index (Phi) is 6.03. The lowest BCUT2D eigenvalue weighted by Crippen LogP contribution is -2.48. The molecule has 0 spiro atoms. The van der Waals surface area contributed by atoms with Crippen LogP contribution < -0.4 is 4.74 Å². The molecule has 0 heterocycles. The van der Waals surface area contributed by atoms with Crippen LogP contribution in [0.4, 0.5) is 0 Å². The van der Waals surface area contributed by atoms with Gasteiger partial charge in [-0.1, -0.05) is 23.7 Å². The fourth-order valence-electron chi connectivity index (χ4n) is 1.82. The first kappa shape index (κ1) is 17.3. The van der Waals surface area contributed by atoms with Crippen LogP contribution >= 0.6 is 11.6 Å². The van der Waals surface area contributed by atoms with Crippen molar-refractivity contribution in [1.29, 1.82) is 0 Å². The van der Waals surface area contributed by atoms with Crippen molar-refractivity contribution in [1.82, 2.24) is 4.90 Å². The standard InChI is InChI=1S/C15H20ClNO4/c1-15(2,3)17(9-8-14(19)20)13(18)10-21-12-7-5-4-6-11(12)16/h4-7H,8-10H2,1-3H3,(H,19,20). The van der Waals surface area contributed by atoms with E-state index in [-0.39, 0.29) is 25.5 Å². The molecule has 0 bridgehead atoms. The molecule has 0 fully saturated rings. The molecule has 6 heteroatoms. The minimum Gasteiger partial charge on any atom is -0.482 e. The molecule has 116 valence electrons. The highest BCUT2D eigenvalue weighted by atomic mass is 35.5. The molecule has 1 aromatic rings. The minimum absolute atomic E-state index is 0.102. The third-order valence-electron chi connectivity index (χ3n) is 2.85. The van der Waals surface area contributed by atoms with Gasteiger partial charge in [-0.2, -0.15) is 0 Å². The number of para-hydroxylation sites is 1. The van der Waals surface area contributed by atoms with E-state index in [1.54, 1.807) is 24.3 Å². The average Bonchev–Trinajstić information content (AvgIpc) is 2.36. The molecule has 1 N–H and O–H groups in total. The summed E-state index contributed by atoms with van der Waals surface area (Å²) in [6.07, 6.45) is -0.102. The number of amides is 1. The van der Waals surface area contributed by atoms with Crippen LogP contribution in [0.5, 0.6) is 5.75 Å². The van der Waals surface area contributed by atoms with Gasteiger partial charge in [0.15, 0.2) is 6.61 Å². The van der Waals surface area contributed by atoms with Crippen molar-refractivity contribution in [3.63, 3.8) is 0 Å². The van der Waals surface area contributed by atoms with E-state index in [0.29, 0.717) is 10.8 Å². The molecule has 1 rings (SSSR count). The van der Waals surface area contributed by atoms with E-state index >= 15 is 0 Å². The molecule has 0 radical (unpaired) electrons. The van der Waals surface area contributed by atoms with Crippen LogP contribution in [0.1, 0.15) is 27.2 Å². The lowest BCUT2D eigenvalue weighted by atomic mass is 10.1. The van der Waals surface area contributed by atoms with Crippen molar-refractivity contribution in [2.24, 2.45) is 0 Å². The Balaban J connectivity index is 2.69. The van der Waals surface area contributed by atoms with Crippen LogP contribution in [0.25, 0.3) is 0 Å². The molecule has 0 aliphatic rings. The van der Waals surface area contributed by atoms with Crippen LogP contribution in [-0.2, 0) is 9.59 Å². The van der Waals surface area contributed by atoms with Gasteiger partial charge in [-0.15, -0.1) is 0 Å². The maximum absolute atomic E-state index is 12.3. The molecule has 1 aromatic carbocycles. The monoisotopic (exact) mass is 313 g/mol. The van der Waals surface area contributed by atoms with Crippen LogP contribution in [0.15, 0.2) is 24.3 Å². The number of carbonyl (C=O) groups excluding carboxylic acids is 1. The summed E-state index contributed by atoms with van der Waals surface area (Å²) < 4.78 is 5.41. The minimum atomic E-state index is -0.941. The molecule has 1 amide bonds. The fraction of sp³-hybridized carbons (Fsp3) is 0.467. The van der Waals surface area contributed by atoms with Gasteiger partial charge in [-0.25, -0.2) is 0 Å². The van der Waals surface area contributed by atoms with Gasteiger partial charge in [0.1, 0.15) is 5.75 Å². The molecule has 0 aliphatic carbocycles. The number of hydrogen-bond donors (Lipinski definition) is 1. The maximum Gasteiger partial charge on any atom is 0.305 e. The zero-order valence-corrected chi connectivity index (χ0v) is 13.2. The predicted octanol–water partition coefficient (Wildman–Crippen LogP) is 2.82. The number of hydrogen-bond acceptors (Lipinski definition) is 3. The van der Waals surface area contributed by atoms with E-state index < -0.39 is 11.5 Å². The summed E-state index contributed by atoms with van der Waals surface area (Å²) >= 11 is 5.95. The van der Waals surface area contributed by atoms with Crippen molar-refractivity contribution in [2.45, 2.75) is 32.7 Å².